The van der Waals surface area contributed by atoms with Gasteiger partial charge in [-0.1, -0.05) is 26.0 Å². The number of methoxy groups -OCH3 is 2. The van der Waals surface area contributed by atoms with Gasteiger partial charge in [0, 0.05) is 18.0 Å². The Hall–Kier alpha value is -3.81. The molecule has 0 unspecified atom stereocenters. The number of nitrogens with zero attached hydrogens (tertiary/aromatic N) is 1. The second-order valence-electron chi connectivity index (χ2n) is 6.92. The van der Waals surface area contributed by atoms with E-state index < -0.39 is 17.2 Å². The number of hydrogen-bond donors (Lipinski definition) is 2. The summed E-state index contributed by atoms with van der Waals surface area (Å²) in [5.74, 6) is 0.538. The molecule has 3 rings (SSSR count). The molecule has 2 aromatic carbocycles. The first kappa shape index (κ1) is 20.9. The Kier molecular flexibility index (Phi) is 6.06. The molecule has 0 aliphatic carbocycles. The summed E-state index contributed by atoms with van der Waals surface area (Å²) in [7, 11) is 2.93. The molecule has 156 valence electrons. The molecule has 1 heterocycles. The Labute approximate surface area is 173 Å². The van der Waals surface area contributed by atoms with Crippen LogP contribution in [0.4, 0.5) is 5.69 Å². The predicted octanol–water partition coefficient (Wildman–Crippen LogP) is 2.92. The number of H-pyrrole nitrogens is 1. The zero-order valence-corrected chi connectivity index (χ0v) is 17.2. The molecule has 0 fully saturated rings. The van der Waals surface area contributed by atoms with Gasteiger partial charge in [-0.15, -0.1) is 0 Å². The first-order valence-electron chi connectivity index (χ1n) is 9.34. The minimum Gasteiger partial charge on any atom is -0.493 e. The van der Waals surface area contributed by atoms with Crippen LogP contribution in [0.1, 0.15) is 35.7 Å². The lowest BCUT2D eigenvalue weighted by Gasteiger charge is -2.12. The molecule has 30 heavy (non-hydrogen) atoms. The second-order valence-corrected chi connectivity index (χ2v) is 6.92. The van der Waals surface area contributed by atoms with Gasteiger partial charge < -0.3 is 19.8 Å². The third-order valence-electron chi connectivity index (χ3n) is 4.68. The van der Waals surface area contributed by atoms with Crippen molar-refractivity contribution < 1.29 is 14.3 Å². The van der Waals surface area contributed by atoms with E-state index in [2.05, 4.69) is 24.1 Å². The molecule has 8 heteroatoms. The van der Waals surface area contributed by atoms with Gasteiger partial charge in [0.15, 0.2) is 11.5 Å². The zero-order chi connectivity index (χ0) is 21.8. The van der Waals surface area contributed by atoms with Crippen molar-refractivity contribution in [3.8, 4) is 17.2 Å². The molecule has 0 bridgehead atoms. The van der Waals surface area contributed by atoms with E-state index in [1.807, 2.05) is 12.1 Å². The van der Waals surface area contributed by atoms with Gasteiger partial charge in [-0.3, -0.25) is 9.59 Å². The summed E-state index contributed by atoms with van der Waals surface area (Å²) in [6.07, 6.45) is 1.11. The number of benzene rings is 2. The van der Waals surface area contributed by atoms with E-state index in [9.17, 15) is 14.4 Å². The van der Waals surface area contributed by atoms with E-state index in [-0.39, 0.29) is 11.3 Å². The lowest BCUT2D eigenvalue weighted by Crippen LogP contribution is -2.38. The highest BCUT2D eigenvalue weighted by Crippen LogP contribution is 2.28. The molecule has 0 saturated carbocycles. The highest BCUT2D eigenvalue weighted by Gasteiger charge is 2.17. The van der Waals surface area contributed by atoms with Crippen LogP contribution < -0.4 is 26.0 Å². The molecule has 1 aromatic heterocycles. The molecular formula is C22H23N3O5. The van der Waals surface area contributed by atoms with Crippen LogP contribution >= 0.6 is 0 Å². The number of ether oxygens (including phenoxy) is 2. The van der Waals surface area contributed by atoms with Crippen molar-refractivity contribution >= 4 is 11.6 Å². The molecule has 0 aliphatic heterocycles. The van der Waals surface area contributed by atoms with E-state index in [4.69, 9.17) is 9.47 Å². The third-order valence-corrected chi connectivity index (χ3v) is 4.68. The van der Waals surface area contributed by atoms with Crippen LogP contribution in [0.2, 0.25) is 0 Å². The number of carbonyl (C=O) groups excluding carboxylic acids is 1. The summed E-state index contributed by atoms with van der Waals surface area (Å²) in [6, 6.07) is 12.0. The summed E-state index contributed by atoms with van der Waals surface area (Å²) in [4.78, 5) is 40.4. The highest BCUT2D eigenvalue weighted by molar-refractivity contribution is 6.03. The molecule has 8 nitrogen and oxygen atoms in total. The summed E-state index contributed by atoms with van der Waals surface area (Å²) < 4.78 is 11.3. The Balaban J connectivity index is 1.97. The van der Waals surface area contributed by atoms with Gasteiger partial charge in [0.25, 0.3) is 11.5 Å². The molecule has 0 atom stereocenters. The Morgan fingerprint density at radius 1 is 1.00 bits per heavy atom. The van der Waals surface area contributed by atoms with Gasteiger partial charge in [0.2, 0.25) is 0 Å². The van der Waals surface area contributed by atoms with Crippen molar-refractivity contribution in [2.24, 2.45) is 0 Å². The van der Waals surface area contributed by atoms with Gasteiger partial charge in [-0.05, 0) is 35.7 Å². The van der Waals surface area contributed by atoms with Crippen LogP contribution in [0.25, 0.3) is 5.69 Å². The number of anilines is 1. The molecule has 2 N–H and O–H groups in total. The third kappa shape index (κ3) is 4.12. The lowest BCUT2D eigenvalue weighted by molar-refractivity contribution is 0.102. The van der Waals surface area contributed by atoms with Crippen molar-refractivity contribution in [2.75, 3.05) is 19.5 Å². The van der Waals surface area contributed by atoms with Gasteiger partial charge >= 0.3 is 5.69 Å². The van der Waals surface area contributed by atoms with Crippen LogP contribution in [0.3, 0.4) is 0 Å². The van der Waals surface area contributed by atoms with Crippen LogP contribution in [0.15, 0.2) is 58.3 Å². The average Bonchev–Trinajstić information content (AvgIpc) is 2.73. The van der Waals surface area contributed by atoms with E-state index in [1.54, 1.807) is 18.2 Å². The van der Waals surface area contributed by atoms with E-state index in [0.29, 0.717) is 23.1 Å². The molecule has 1 amide bonds. The molecule has 0 aliphatic rings. The maximum absolute atomic E-state index is 12.9. The van der Waals surface area contributed by atoms with Crippen molar-refractivity contribution in [3.05, 3.63) is 80.6 Å². The molecule has 3 aromatic rings. The van der Waals surface area contributed by atoms with Gasteiger partial charge in [0.1, 0.15) is 5.56 Å². The Bertz CT molecular complexity index is 1180. The smallest absolute Gasteiger partial charge is 0.333 e. The van der Waals surface area contributed by atoms with Crippen LogP contribution in [0, 0.1) is 0 Å². The first-order chi connectivity index (χ1) is 14.3. The van der Waals surface area contributed by atoms with Crippen LogP contribution in [-0.4, -0.2) is 29.7 Å². The molecule has 0 radical (unpaired) electrons. The fourth-order valence-corrected chi connectivity index (χ4v) is 2.98. The lowest BCUT2D eigenvalue weighted by atomic mass is 10.0. The average molecular weight is 409 g/mol. The number of rotatable bonds is 6. The molecule has 0 saturated heterocycles. The maximum atomic E-state index is 12.9. The van der Waals surface area contributed by atoms with Gasteiger partial charge in [-0.25, -0.2) is 9.36 Å². The quantitative estimate of drug-likeness (QED) is 0.652. The summed E-state index contributed by atoms with van der Waals surface area (Å²) in [5.41, 5.74) is 0.306. The van der Waals surface area contributed by atoms with E-state index in [0.717, 1.165) is 16.3 Å². The fourth-order valence-electron chi connectivity index (χ4n) is 2.98. The SMILES string of the molecule is COc1ccc(-n2c(=O)[nH]cc(C(=O)Nc3ccc(C(C)C)cc3)c2=O)cc1OC. The monoisotopic (exact) mass is 409 g/mol. The summed E-state index contributed by atoms with van der Waals surface area (Å²) >= 11 is 0. The van der Waals surface area contributed by atoms with Crippen LogP contribution in [0.5, 0.6) is 11.5 Å². The predicted molar refractivity (Wildman–Crippen MR) is 114 cm³/mol. The molecular weight excluding hydrogens is 386 g/mol. The minimum absolute atomic E-state index is 0.197. The number of hydrogen-bond acceptors (Lipinski definition) is 5. The van der Waals surface area contributed by atoms with Crippen molar-refractivity contribution in [3.63, 3.8) is 0 Å². The van der Waals surface area contributed by atoms with Crippen molar-refractivity contribution in [2.45, 2.75) is 19.8 Å². The topological polar surface area (TPSA) is 102 Å². The maximum Gasteiger partial charge on any atom is 0.333 e. The number of aromatic nitrogens is 2. The summed E-state index contributed by atoms with van der Waals surface area (Å²) in [6.45, 7) is 4.15. The normalized spacial score (nSPS) is 10.7. The van der Waals surface area contributed by atoms with Gasteiger partial charge in [-0.2, -0.15) is 0 Å². The van der Waals surface area contributed by atoms with Gasteiger partial charge in [0.05, 0.1) is 19.9 Å². The van der Waals surface area contributed by atoms with Crippen LogP contribution in [-0.2, 0) is 0 Å². The minimum atomic E-state index is -0.748. The summed E-state index contributed by atoms with van der Waals surface area (Å²) in [5, 5.41) is 2.69. The van der Waals surface area contributed by atoms with Crippen molar-refractivity contribution in [1.82, 2.24) is 9.55 Å². The van der Waals surface area contributed by atoms with Crippen molar-refractivity contribution in [1.29, 1.82) is 0 Å². The number of carbonyl (C=O) groups is 1. The number of amides is 1. The molecule has 0 spiro atoms. The standard InChI is InChI=1S/C22H23N3O5/c1-13(2)14-5-7-15(8-6-14)24-20(26)17-12-23-22(28)25(21(17)27)16-9-10-18(29-3)19(11-16)30-4/h5-13H,1-4H3,(H,23,28)(H,24,26). The first-order valence-corrected chi connectivity index (χ1v) is 9.34. The zero-order valence-electron chi connectivity index (χ0n) is 17.2. The highest BCUT2D eigenvalue weighted by atomic mass is 16.5. The largest absolute Gasteiger partial charge is 0.493 e. The number of nitrogens with one attached hydrogen (secondary N) is 2. The number of aromatic amines is 1. The second kappa shape index (κ2) is 8.69. The Morgan fingerprint density at radius 3 is 2.27 bits per heavy atom. The Morgan fingerprint density at radius 2 is 1.67 bits per heavy atom. The fraction of sp³-hybridized carbons (Fsp3) is 0.227. The van der Waals surface area contributed by atoms with E-state index in [1.165, 1.54) is 26.4 Å². The van der Waals surface area contributed by atoms with E-state index >= 15 is 0 Å².